The Morgan fingerprint density at radius 2 is 1.81 bits per heavy atom. The second kappa shape index (κ2) is 7.29. The van der Waals surface area contributed by atoms with Gasteiger partial charge >= 0.3 is 0 Å². The number of nitrogens with one attached hydrogen (secondary N) is 1. The minimum atomic E-state index is 0.697. The summed E-state index contributed by atoms with van der Waals surface area (Å²) in [5.41, 5.74) is 0. The maximum Gasteiger partial charge on any atom is 0.0211 e. The summed E-state index contributed by atoms with van der Waals surface area (Å²) in [6.07, 6.45) is 7.00. The summed E-state index contributed by atoms with van der Waals surface area (Å²) in [7, 11) is 4.36. The van der Waals surface area contributed by atoms with Crippen LogP contribution in [-0.4, -0.2) is 38.1 Å². The molecule has 2 heteroatoms. The minimum Gasteiger partial charge on any atom is -0.315 e. The highest BCUT2D eigenvalue weighted by Gasteiger charge is 2.18. The van der Waals surface area contributed by atoms with Gasteiger partial charge in [0.15, 0.2) is 0 Å². The van der Waals surface area contributed by atoms with Crippen molar-refractivity contribution < 1.29 is 0 Å². The Morgan fingerprint density at radius 3 is 2.31 bits per heavy atom. The third-order valence-corrected chi connectivity index (χ3v) is 4.15. The summed E-state index contributed by atoms with van der Waals surface area (Å²) in [6, 6.07) is 0.697. The summed E-state index contributed by atoms with van der Waals surface area (Å²) in [4.78, 5) is 2.33. The first kappa shape index (κ1) is 14.0. The van der Waals surface area contributed by atoms with Gasteiger partial charge in [0, 0.05) is 12.6 Å². The highest BCUT2D eigenvalue weighted by molar-refractivity contribution is 4.74. The third kappa shape index (κ3) is 4.84. The lowest BCUT2D eigenvalue weighted by atomic mass is 9.83. The first-order valence-corrected chi connectivity index (χ1v) is 7.00. The Balaban J connectivity index is 2.10. The molecule has 0 aliphatic heterocycles. The van der Waals surface area contributed by atoms with E-state index >= 15 is 0 Å². The Hall–Kier alpha value is -0.0800. The van der Waals surface area contributed by atoms with E-state index in [1.165, 1.54) is 38.6 Å². The summed E-state index contributed by atoms with van der Waals surface area (Å²) in [5, 5.41) is 3.66. The van der Waals surface area contributed by atoms with Crippen LogP contribution in [-0.2, 0) is 0 Å². The largest absolute Gasteiger partial charge is 0.315 e. The molecule has 16 heavy (non-hydrogen) atoms. The van der Waals surface area contributed by atoms with Gasteiger partial charge in [0.05, 0.1) is 0 Å². The molecule has 2 nitrogen and oxygen atoms in total. The van der Waals surface area contributed by atoms with Crippen molar-refractivity contribution in [3.8, 4) is 0 Å². The molecule has 0 radical (unpaired) electrons. The Bertz CT molecular complexity index is 172. The molecular weight excluding hydrogens is 196 g/mol. The van der Waals surface area contributed by atoms with Crippen molar-refractivity contribution in [1.29, 1.82) is 0 Å². The number of likely N-dealkylation sites (N-methyl/N-ethyl adjacent to an activating group) is 1. The van der Waals surface area contributed by atoms with Crippen LogP contribution >= 0.6 is 0 Å². The van der Waals surface area contributed by atoms with E-state index in [-0.39, 0.29) is 0 Å². The van der Waals surface area contributed by atoms with E-state index in [1.54, 1.807) is 0 Å². The Labute approximate surface area is 102 Å². The minimum absolute atomic E-state index is 0.697. The third-order valence-electron chi connectivity index (χ3n) is 4.15. The zero-order chi connectivity index (χ0) is 12.0. The monoisotopic (exact) mass is 226 g/mol. The maximum absolute atomic E-state index is 3.66. The van der Waals surface area contributed by atoms with Crippen LogP contribution in [0.2, 0.25) is 0 Å². The average Bonchev–Trinajstić information content (AvgIpc) is 2.26. The number of hydrogen-bond acceptors (Lipinski definition) is 2. The number of rotatable bonds is 6. The van der Waals surface area contributed by atoms with Gasteiger partial charge in [0.1, 0.15) is 0 Å². The normalized spacial score (nSPS) is 28.3. The molecule has 1 rings (SSSR count). The molecule has 1 saturated carbocycles. The summed E-state index contributed by atoms with van der Waals surface area (Å²) >= 11 is 0. The van der Waals surface area contributed by atoms with E-state index in [2.05, 4.69) is 38.2 Å². The molecule has 0 aromatic rings. The summed E-state index contributed by atoms with van der Waals surface area (Å²) in [5.74, 6) is 1.91. The number of hydrogen-bond donors (Lipinski definition) is 1. The fraction of sp³-hybridized carbons (Fsp3) is 1.00. The van der Waals surface area contributed by atoms with Crippen LogP contribution in [0.1, 0.15) is 46.0 Å². The van der Waals surface area contributed by atoms with Crippen LogP contribution in [0, 0.1) is 11.8 Å². The molecule has 0 bridgehead atoms. The molecule has 1 aliphatic rings. The SMILES string of the molecule is CCC(CNCC1CCC(C)CC1)N(C)C. The standard InChI is InChI=1S/C14H30N2/c1-5-14(16(3)4)11-15-10-13-8-6-12(2)7-9-13/h12-15H,5-11H2,1-4H3. The summed E-state index contributed by atoms with van der Waals surface area (Å²) in [6.45, 7) is 7.05. The van der Waals surface area contributed by atoms with Crippen LogP contribution < -0.4 is 5.32 Å². The molecule has 0 aromatic heterocycles. The van der Waals surface area contributed by atoms with Gasteiger partial charge < -0.3 is 10.2 Å². The van der Waals surface area contributed by atoms with E-state index in [4.69, 9.17) is 0 Å². The van der Waals surface area contributed by atoms with E-state index in [1.807, 2.05) is 0 Å². The maximum atomic E-state index is 3.66. The van der Waals surface area contributed by atoms with E-state index < -0.39 is 0 Å². The topological polar surface area (TPSA) is 15.3 Å². The lowest BCUT2D eigenvalue weighted by Gasteiger charge is -2.28. The van der Waals surface area contributed by atoms with Crippen molar-refractivity contribution in [3.05, 3.63) is 0 Å². The first-order valence-electron chi connectivity index (χ1n) is 7.00. The molecule has 0 heterocycles. The first-order chi connectivity index (χ1) is 7.63. The zero-order valence-corrected chi connectivity index (χ0v) is 11.6. The number of nitrogens with zero attached hydrogens (tertiary/aromatic N) is 1. The molecule has 1 atom stereocenters. The van der Waals surface area contributed by atoms with Crippen molar-refractivity contribution in [3.63, 3.8) is 0 Å². The molecular formula is C14H30N2. The van der Waals surface area contributed by atoms with Gasteiger partial charge in [-0.05, 0) is 51.7 Å². The molecule has 0 saturated heterocycles. The predicted molar refractivity (Wildman–Crippen MR) is 71.8 cm³/mol. The molecule has 0 spiro atoms. The average molecular weight is 226 g/mol. The van der Waals surface area contributed by atoms with Gasteiger partial charge in [-0.15, -0.1) is 0 Å². The van der Waals surface area contributed by atoms with Gasteiger partial charge in [-0.1, -0.05) is 26.7 Å². The quantitative estimate of drug-likeness (QED) is 0.749. The van der Waals surface area contributed by atoms with E-state index in [0.717, 1.165) is 18.4 Å². The van der Waals surface area contributed by atoms with Crippen LogP contribution in [0.5, 0.6) is 0 Å². The van der Waals surface area contributed by atoms with Crippen molar-refractivity contribution in [1.82, 2.24) is 10.2 Å². The zero-order valence-electron chi connectivity index (χ0n) is 11.6. The van der Waals surface area contributed by atoms with Crippen LogP contribution in [0.3, 0.4) is 0 Å². The van der Waals surface area contributed by atoms with Crippen molar-refractivity contribution >= 4 is 0 Å². The van der Waals surface area contributed by atoms with Crippen LogP contribution in [0.25, 0.3) is 0 Å². The molecule has 0 aromatic carbocycles. The second-order valence-corrected chi connectivity index (χ2v) is 5.81. The molecule has 1 unspecified atom stereocenters. The van der Waals surface area contributed by atoms with Crippen molar-refractivity contribution in [2.75, 3.05) is 27.2 Å². The highest BCUT2D eigenvalue weighted by atomic mass is 15.1. The fourth-order valence-corrected chi connectivity index (χ4v) is 2.68. The fourth-order valence-electron chi connectivity index (χ4n) is 2.68. The highest BCUT2D eigenvalue weighted by Crippen LogP contribution is 2.27. The van der Waals surface area contributed by atoms with Gasteiger partial charge in [-0.3, -0.25) is 0 Å². The van der Waals surface area contributed by atoms with Crippen LogP contribution in [0.15, 0.2) is 0 Å². The Morgan fingerprint density at radius 1 is 1.19 bits per heavy atom. The van der Waals surface area contributed by atoms with Gasteiger partial charge in [0.25, 0.3) is 0 Å². The van der Waals surface area contributed by atoms with E-state index in [0.29, 0.717) is 6.04 Å². The van der Waals surface area contributed by atoms with E-state index in [9.17, 15) is 0 Å². The second-order valence-electron chi connectivity index (χ2n) is 5.81. The molecule has 1 aliphatic carbocycles. The smallest absolute Gasteiger partial charge is 0.0211 e. The molecule has 1 N–H and O–H groups in total. The Kier molecular flexibility index (Phi) is 6.37. The molecule has 1 fully saturated rings. The van der Waals surface area contributed by atoms with Crippen molar-refractivity contribution in [2.24, 2.45) is 11.8 Å². The van der Waals surface area contributed by atoms with Crippen LogP contribution in [0.4, 0.5) is 0 Å². The van der Waals surface area contributed by atoms with Gasteiger partial charge in [-0.25, -0.2) is 0 Å². The van der Waals surface area contributed by atoms with Crippen molar-refractivity contribution in [2.45, 2.75) is 52.0 Å². The lowest BCUT2D eigenvalue weighted by molar-refractivity contribution is 0.250. The van der Waals surface area contributed by atoms with Gasteiger partial charge in [0.2, 0.25) is 0 Å². The molecule has 96 valence electrons. The summed E-state index contributed by atoms with van der Waals surface area (Å²) < 4.78 is 0. The molecule has 0 amide bonds. The predicted octanol–water partition coefficient (Wildman–Crippen LogP) is 2.74. The van der Waals surface area contributed by atoms with Gasteiger partial charge in [-0.2, -0.15) is 0 Å². The lowest BCUT2D eigenvalue weighted by Crippen LogP contribution is -2.39.